The third kappa shape index (κ3) is 8.54. The zero-order valence-electron chi connectivity index (χ0n) is 19.8. The average Bonchev–Trinajstić information content (AvgIpc) is 3.52. The van der Waals surface area contributed by atoms with E-state index in [0.29, 0.717) is 19.0 Å². The quantitative estimate of drug-likeness (QED) is 0.260. The van der Waals surface area contributed by atoms with Gasteiger partial charge in [0.2, 0.25) is 5.91 Å². The number of ether oxygens (including phenoxy) is 1. The number of methoxy groups -OCH3 is 1. The van der Waals surface area contributed by atoms with Gasteiger partial charge in [0.25, 0.3) is 0 Å². The molecule has 3 rings (SSSR count). The number of likely N-dealkylation sites (tertiary alicyclic amines) is 1. The van der Waals surface area contributed by atoms with E-state index >= 15 is 0 Å². The van der Waals surface area contributed by atoms with Crippen molar-refractivity contribution in [2.24, 2.45) is 4.99 Å². The minimum atomic E-state index is -0.0385. The zero-order chi connectivity index (χ0) is 22.8. The predicted molar refractivity (Wildman–Crippen MR) is 141 cm³/mol. The van der Waals surface area contributed by atoms with Crippen LogP contribution in [0.2, 0.25) is 0 Å². The molecule has 33 heavy (non-hydrogen) atoms. The summed E-state index contributed by atoms with van der Waals surface area (Å²) in [6.07, 6.45) is 4.96. The summed E-state index contributed by atoms with van der Waals surface area (Å²) in [4.78, 5) is 20.6. The van der Waals surface area contributed by atoms with E-state index in [4.69, 9.17) is 9.15 Å². The van der Waals surface area contributed by atoms with Crippen LogP contribution in [-0.4, -0.2) is 75.6 Å². The Balaban J connectivity index is 0.00000385. The number of hydrogen-bond acceptors (Lipinski definition) is 5. The molecular formula is C24H36IN5O3. The lowest BCUT2D eigenvalue weighted by molar-refractivity contribution is -0.127. The summed E-state index contributed by atoms with van der Waals surface area (Å²) in [5.74, 6) is 2.38. The number of hydrogen-bond donors (Lipinski definition) is 2. The number of carbonyl (C=O) groups excluding carboxylic acids is 1. The monoisotopic (exact) mass is 569 g/mol. The Morgan fingerprint density at radius 2 is 1.91 bits per heavy atom. The van der Waals surface area contributed by atoms with E-state index in [0.717, 1.165) is 31.0 Å². The van der Waals surface area contributed by atoms with E-state index < -0.39 is 0 Å². The van der Waals surface area contributed by atoms with Gasteiger partial charge in [0, 0.05) is 27.2 Å². The number of nitrogens with one attached hydrogen (secondary N) is 2. The van der Waals surface area contributed by atoms with E-state index in [9.17, 15) is 4.79 Å². The summed E-state index contributed by atoms with van der Waals surface area (Å²) in [6, 6.07) is 12.1. The second-order valence-electron chi connectivity index (χ2n) is 8.13. The van der Waals surface area contributed by atoms with Crippen LogP contribution < -0.4 is 15.4 Å². The van der Waals surface area contributed by atoms with Gasteiger partial charge >= 0.3 is 0 Å². The maximum atomic E-state index is 12.1. The number of likely N-dealkylation sites (N-methyl/N-ethyl adjacent to an activating group) is 1. The van der Waals surface area contributed by atoms with Crippen molar-refractivity contribution in [3.05, 3.63) is 54.0 Å². The highest BCUT2D eigenvalue weighted by molar-refractivity contribution is 14.0. The molecule has 1 aromatic carbocycles. The number of guanidine groups is 1. The lowest BCUT2D eigenvalue weighted by Crippen LogP contribution is -2.43. The number of benzene rings is 1. The molecule has 0 aliphatic carbocycles. The van der Waals surface area contributed by atoms with Crippen LogP contribution in [0.15, 0.2) is 52.1 Å². The summed E-state index contributed by atoms with van der Waals surface area (Å²) >= 11 is 0. The first kappa shape index (κ1) is 27.0. The molecule has 0 radical (unpaired) electrons. The van der Waals surface area contributed by atoms with Gasteiger partial charge < -0.3 is 24.7 Å². The van der Waals surface area contributed by atoms with Gasteiger partial charge in [-0.25, -0.2) is 4.99 Å². The first-order chi connectivity index (χ1) is 15.6. The SMILES string of the molecule is COc1ccc(CCNC(=NCC(=O)N(C)C)NCC(c2ccco2)N2CCCC2)cc1.I. The molecule has 1 fully saturated rings. The molecule has 0 bridgehead atoms. The third-order valence-electron chi connectivity index (χ3n) is 5.65. The Morgan fingerprint density at radius 1 is 1.18 bits per heavy atom. The van der Waals surface area contributed by atoms with Crippen molar-refractivity contribution in [3.8, 4) is 5.75 Å². The predicted octanol–water partition coefficient (Wildman–Crippen LogP) is 2.91. The summed E-state index contributed by atoms with van der Waals surface area (Å²) in [5.41, 5.74) is 1.20. The highest BCUT2D eigenvalue weighted by Gasteiger charge is 2.25. The van der Waals surface area contributed by atoms with Crippen molar-refractivity contribution in [1.82, 2.24) is 20.4 Å². The fourth-order valence-corrected chi connectivity index (χ4v) is 3.72. The van der Waals surface area contributed by atoms with Gasteiger partial charge in [0.1, 0.15) is 18.1 Å². The molecule has 2 heterocycles. The molecule has 1 aromatic heterocycles. The molecule has 1 unspecified atom stereocenters. The topological polar surface area (TPSA) is 82.3 Å². The average molecular weight is 569 g/mol. The molecule has 1 saturated heterocycles. The van der Waals surface area contributed by atoms with Crippen LogP contribution in [-0.2, 0) is 11.2 Å². The van der Waals surface area contributed by atoms with Gasteiger partial charge in [-0.15, -0.1) is 24.0 Å². The number of furan rings is 1. The minimum absolute atomic E-state index is 0. The Hall–Kier alpha value is -2.27. The number of carbonyl (C=O) groups is 1. The van der Waals surface area contributed by atoms with E-state index in [1.807, 2.05) is 24.3 Å². The highest BCUT2D eigenvalue weighted by atomic mass is 127. The van der Waals surface area contributed by atoms with Gasteiger partial charge in [-0.1, -0.05) is 12.1 Å². The van der Waals surface area contributed by atoms with Gasteiger partial charge in [-0.05, 0) is 62.2 Å². The smallest absolute Gasteiger partial charge is 0.243 e. The summed E-state index contributed by atoms with van der Waals surface area (Å²) in [7, 11) is 5.14. The van der Waals surface area contributed by atoms with Crippen LogP contribution in [0.3, 0.4) is 0 Å². The van der Waals surface area contributed by atoms with E-state index in [1.54, 1.807) is 32.4 Å². The Labute approximate surface area is 213 Å². The molecule has 1 amide bonds. The van der Waals surface area contributed by atoms with Crippen molar-refractivity contribution in [3.63, 3.8) is 0 Å². The maximum Gasteiger partial charge on any atom is 0.243 e. The number of halogens is 1. The molecule has 2 N–H and O–H groups in total. The van der Waals surface area contributed by atoms with E-state index in [-0.39, 0.29) is 42.5 Å². The molecule has 1 aliphatic heterocycles. The van der Waals surface area contributed by atoms with Crippen molar-refractivity contribution in [2.75, 3.05) is 53.9 Å². The van der Waals surface area contributed by atoms with Crippen LogP contribution >= 0.6 is 24.0 Å². The Bertz CT molecular complexity index is 849. The fraction of sp³-hybridized carbons (Fsp3) is 0.500. The number of nitrogens with zero attached hydrogens (tertiary/aromatic N) is 3. The van der Waals surface area contributed by atoms with Crippen molar-refractivity contribution in [2.45, 2.75) is 25.3 Å². The second-order valence-corrected chi connectivity index (χ2v) is 8.13. The minimum Gasteiger partial charge on any atom is -0.497 e. The van der Waals surface area contributed by atoms with Crippen LogP contribution in [0, 0.1) is 0 Å². The maximum absolute atomic E-state index is 12.1. The number of aliphatic imine (C=N–C) groups is 1. The van der Waals surface area contributed by atoms with Crippen LogP contribution in [0.4, 0.5) is 0 Å². The normalized spacial score (nSPS) is 14.9. The Kier molecular flexibility index (Phi) is 11.5. The molecule has 2 aromatic rings. The standard InChI is InChI=1S/C24H35N5O3.HI/c1-28(2)23(30)18-27-24(25-13-12-19-8-10-20(31-3)11-9-19)26-17-21(22-7-6-16-32-22)29-14-4-5-15-29;/h6-11,16,21H,4-5,12-15,17-18H2,1-3H3,(H2,25,26,27);1H. The molecule has 9 heteroatoms. The van der Waals surface area contributed by atoms with Crippen LogP contribution in [0.5, 0.6) is 5.75 Å². The summed E-state index contributed by atoms with van der Waals surface area (Å²) < 4.78 is 10.9. The van der Waals surface area contributed by atoms with Gasteiger partial charge in [0.15, 0.2) is 5.96 Å². The first-order valence-corrected chi connectivity index (χ1v) is 11.2. The zero-order valence-corrected chi connectivity index (χ0v) is 22.1. The van der Waals surface area contributed by atoms with Gasteiger partial charge in [-0.2, -0.15) is 0 Å². The molecule has 8 nitrogen and oxygen atoms in total. The number of amides is 1. The highest BCUT2D eigenvalue weighted by Crippen LogP contribution is 2.24. The van der Waals surface area contributed by atoms with Crippen molar-refractivity contribution in [1.29, 1.82) is 0 Å². The van der Waals surface area contributed by atoms with Crippen LogP contribution in [0.25, 0.3) is 0 Å². The van der Waals surface area contributed by atoms with Crippen LogP contribution in [0.1, 0.15) is 30.2 Å². The second kappa shape index (κ2) is 14.1. The van der Waals surface area contributed by atoms with Gasteiger partial charge in [-0.3, -0.25) is 9.69 Å². The van der Waals surface area contributed by atoms with Crippen molar-refractivity contribution >= 4 is 35.8 Å². The fourth-order valence-electron chi connectivity index (χ4n) is 3.72. The third-order valence-corrected chi connectivity index (χ3v) is 5.65. The Morgan fingerprint density at radius 3 is 2.52 bits per heavy atom. The lowest BCUT2D eigenvalue weighted by atomic mass is 10.1. The molecule has 1 aliphatic rings. The lowest BCUT2D eigenvalue weighted by Gasteiger charge is -2.27. The molecule has 0 saturated carbocycles. The largest absolute Gasteiger partial charge is 0.497 e. The summed E-state index contributed by atoms with van der Waals surface area (Å²) in [6.45, 7) is 3.56. The van der Waals surface area contributed by atoms with Crippen molar-refractivity contribution < 1.29 is 13.9 Å². The van der Waals surface area contributed by atoms with Gasteiger partial charge in [0.05, 0.1) is 19.4 Å². The number of rotatable bonds is 10. The first-order valence-electron chi connectivity index (χ1n) is 11.2. The molecule has 1 atom stereocenters. The molecule has 0 spiro atoms. The van der Waals surface area contributed by atoms with E-state index in [2.05, 4.69) is 32.7 Å². The van der Waals surface area contributed by atoms with E-state index in [1.165, 1.54) is 18.4 Å². The molecule has 182 valence electrons. The summed E-state index contributed by atoms with van der Waals surface area (Å²) in [5, 5.41) is 6.80. The molecular weight excluding hydrogens is 533 g/mol.